The Hall–Kier alpha value is -3.62. The van der Waals surface area contributed by atoms with Gasteiger partial charge >= 0.3 is 5.91 Å². The van der Waals surface area contributed by atoms with Gasteiger partial charge in [-0.1, -0.05) is 6.07 Å². The normalized spacial score (nSPS) is 10.6. The third-order valence-corrected chi connectivity index (χ3v) is 3.82. The summed E-state index contributed by atoms with van der Waals surface area (Å²) in [5.74, 6) is -0.539. The largest absolute Gasteiger partial charge is 0.454 e. The first-order valence-electron chi connectivity index (χ1n) is 8.27. The van der Waals surface area contributed by atoms with Crippen LogP contribution < -0.4 is 16.4 Å². The standard InChI is InChI=1S/C18H19N5O4/c1-12-9-13(2)23(21-12)11-16(24)19-20-18(26)15-7-6-14(27-15)10-22-8-4-3-5-17(22)25/h3-9H,10-11H2,1-2H3,(H,19,24)(H,20,26). The predicted molar refractivity (Wildman–Crippen MR) is 95.8 cm³/mol. The predicted octanol–water partition coefficient (Wildman–Crippen LogP) is 0.764. The number of hydrogen-bond donors (Lipinski definition) is 2. The maximum atomic E-state index is 12.1. The lowest BCUT2D eigenvalue weighted by atomic mass is 10.4. The van der Waals surface area contributed by atoms with E-state index in [1.165, 1.54) is 16.7 Å². The van der Waals surface area contributed by atoms with Crippen molar-refractivity contribution in [2.24, 2.45) is 0 Å². The van der Waals surface area contributed by atoms with Crippen LogP contribution in [0.2, 0.25) is 0 Å². The summed E-state index contributed by atoms with van der Waals surface area (Å²) in [7, 11) is 0. The van der Waals surface area contributed by atoms with E-state index in [4.69, 9.17) is 4.42 Å². The first-order valence-corrected chi connectivity index (χ1v) is 8.27. The number of pyridine rings is 1. The number of nitrogens with zero attached hydrogens (tertiary/aromatic N) is 3. The van der Waals surface area contributed by atoms with E-state index in [1.54, 1.807) is 29.1 Å². The van der Waals surface area contributed by atoms with Gasteiger partial charge in [0, 0.05) is 18.0 Å². The van der Waals surface area contributed by atoms with Crippen LogP contribution in [0.5, 0.6) is 0 Å². The van der Waals surface area contributed by atoms with Crippen LogP contribution in [0, 0.1) is 13.8 Å². The second-order valence-electron chi connectivity index (χ2n) is 6.02. The van der Waals surface area contributed by atoms with Gasteiger partial charge in [0.1, 0.15) is 12.3 Å². The molecule has 3 rings (SSSR count). The average Bonchev–Trinajstić information content (AvgIpc) is 3.21. The molecule has 0 bridgehead atoms. The molecular weight excluding hydrogens is 350 g/mol. The Balaban J connectivity index is 1.55. The van der Waals surface area contributed by atoms with Gasteiger partial charge in [-0.25, -0.2) is 0 Å². The van der Waals surface area contributed by atoms with Crippen molar-refractivity contribution >= 4 is 11.8 Å². The number of hydrazine groups is 1. The summed E-state index contributed by atoms with van der Waals surface area (Å²) < 4.78 is 8.43. The molecule has 9 heteroatoms. The number of rotatable bonds is 5. The summed E-state index contributed by atoms with van der Waals surface area (Å²) in [5.41, 5.74) is 6.10. The molecule has 9 nitrogen and oxygen atoms in total. The van der Waals surface area contributed by atoms with Crippen molar-refractivity contribution in [3.63, 3.8) is 0 Å². The number of nitrogens with one attached hydrogen (secondary N) is 2. The first-order chi connectivity index (χ1) is 12.9. The van der Waals surface area contributed by atoms with Gasteiger partial charge in [-0.15, -0.1) is 0 Å². The van der Waals surface area contributed by atoms with Gasteiger partial charge in [0.25, 0.3) is 11.5 Å². The number of aromatic nitrogens is 3. The van der Waals surface area contributed by atoms with Gasteiger partial charge in [-0.2, -0.15) is 5.10 Å². The maximum absolute atomic E-state index is 12.1. The Morgan fingerprint density at radius 3 is 2.67 bits per heavy atom. The molecule has 2 amide bonds. The van der Waals surface area contributed by atoms with Gasteiger partial charge in [-0.3, -0.25) is 29.9 Å². The highest BCUT2D eigenvalue weighted by molar-refractivity contribution is 5.92. The van der Waals surface area contributed by atoms with E-state index in [0.29, 0.717) is 5.76 Å². The van der Waals surface area contributed by atoms with Crippen LogP contribution in [-0.2, 0) is 17.9 Å². The van der Waals surface area contributed by atoms with Crippen molar-refractivity contribution < 1.29 is 14.0 Å². The van der Waals surface area contributed by atoms with Crippen molar-refractivity contribution in [1.82, 2.24) is 25.2 Å². The summed E-state index contributed by atoms with van der Waals surface area (Å²) in [6.07, 6.45) is 1.63. The molecule has 3 aromatic heterocycles. The second-order valence-corrected chi connectivity index (χ2v) is 6.02. The fourth-order valence-electron chi connectivity index (χ4n) is 2.54. The third kappa shape index (κ3) is 4.51. The Morgan fingerprint density at radius 2 is 1.96 bits per heavy atom. The SMILES string of the molecule is Cc1cc(C)n(CC(=O)NNC(=O)c2ccc(Cn3ccccc3=O)o2)n1. The van der Waals surface area contributed by atoms with Crippen LogP contribution in [-0.4, -0.2) is 26.2 Å². The number of amides is 2. The fraction of sp³-hybridized carbons (Fsp3) is 0.222. The molecule has 0 aliphatic carbocycles. The van der Waals surface area contributed by atoms with Gasteiger partial charge in [0.15, 0.2) is 5.76 Å². The molecule has 0 saturated heterocycles. The van der Waals surface area contributed by atoms with E-state index < -0.39 is 11.8 Å². The lowest BCUT2D eigenvalue weighted by molar-refractivity contribution is -0.122. The first kappa shape index (κ1) is 18.2. The zero-order valence-corrected chi connectivity index (χ0v) is 14.9. The minimum Gasteiger partial charge on any atom is -0.454 e. The number of hydrogen-bond acceptors (Lipinski definition) is 5. The maximum Gasteiger partial charge on any atom is 0.305 e. The van der Waals surface area contributed by atoms with E-state index in [2.05, 4.69) is 16.0 Å². The van der Waals surface area contributed by atoms with Crippen LogP contribution in [0.15, 0.2) is 51.8 Å². The summed E-state index contributed by atoms with van der Waals surface area (Å²) in [6.45, 7) is 3.87. The van der Waals surface area contributed by atoms with Crippen molar-refractivity contribution in [2.75, 3.05) is 0 Å². The summed E-state index contributed by atoms with van der Waals surface area (Å²) >= 11 is 0. The molecule has 0 fully saturated rings. The van der Waals surface area contributed by atoms with E-state index in [9.17, 15) is 14.4 Å². The molecular formula is C18H19N5O4. The number of carbonyl (C=O) groups excluding carboxylic acids is 2. The second kappa shape index (κ2) is 7.73. The highest BCUT2D eigenvalue weighted by Gasteiger charge is 2.13. The summed E-state index contributed by atoms with van der Waals surface area (Å²) in [6, 6.07) is 9.76. The zero-order chi connectivity index (χ0) is 19.4. The monoisotopic (exact) mass is 369 g/mol. The van der Waals surface area contributed by atoms with E-state index in [0.717, 1.165) is 11.4 Å². The van der Waals surface area contributed by atoms with Crippen LogP contribution >= 0.6 is 0 Å². The zero-order valence-electron chi connectivity index (χ0n) is 14.9. The Morgan fingerprint density at radius 1 is 1.15 bits per heavy atom. The van der Waals surface area contributed by atoms with Crippen LogP contribution in [0.3, 0.4) is 0 Å². The van der Waals surface area contributed by atoms with Gasteiger partial charge in [0.2, 0.25) is 0 Å². The van der Waals surface area contributed by atoms with Crippen molar-refractivity contribution in [2.45, 2.75) is 26.9 Å². The third-order valence-electron chi connectivity index (χ3n) is 3.82. The summed E-state index contributed by atoms with van der Waals surface area (Å²) in [5, 5.41) is 4.18. The minimum absolute atomic E-state index is 0.0136. The molecule has 140 valence electrons. The molecule has 2 N–H and O–H groups in total. The Bertz CT molecular complexity index is 1030. The summed E-state index contributed by atoms with van der Waals surface area (Å²) in [4.78, 5) is 35.7. The van der Waals surface area contributed by atoms with Crippen LogP contribution in [0.25, 0.3) is 0 Å². The van der Waals surface area contributed by atoms with Crippen molar-refractivity contribution in [3.05, 3.63) is 75.9 Å². The Kier molecular flexibility index (Phi) is 5.20. The van der Waals surface area contributed by atoms with Crippen LogP contribution in [0.4, 0.5) is 0 Å². The number of aryl methyl sites for hydroxylation is 2. The van der Waals surface area contributed by atoms with Crippen molar-refractivity contribution in [1.29, 1.82) is 0 Å². The number of furan rings is 1. The molecule has 3 aromatic rings. The average molecular weight is 369 g/mol. The quantitative estimate of drug-likeness (QED) is 0.645. The van der Waals surface area contributed by atoms with Gasteiger partial charge in [-0.05, 0) is 38.1 Å². The lowest BCUT2D eigenvalue weighted by Crippen LogP contribution is -2.43. The van der Waals surface area contributed by atoms with E-state index in [1.807, 2.05) is 19.9 Å². The molecule has 0 radical (unpaired) electrons. The van der Waals surface area contributed by atoms with E-state index >= 15 is 0 Å². The molecule has 0 saturated carbocycles. The molecule has 0 aliphatic heterocycles. The molecule has 0 aromatic carbocycles. The molecule has 0 unspecified atom stereocenters. The van der Waals surface area contributed by atoms with Crippen molar-refractivity contribution in [3.8, 4) is 0 Å². The van der Waals surface area contributed by atoms with Crippen LogP contribution in [0.1, 0.15) is 27.7 Å². The smallest absolute Gasteiger partial charge is 0.305 e. The van der Waals surface area contributed by atoms with Gasteiger partial charge in [0.05, 0.1) is 12.2 Å². The molecule has 0 spiro atoms. The minimum atomic E-state index is -0.594. The highest BCUT2D eigenvalue weighted by atomic mass is 16.4. The van der Waals surface area contributed by atoms with E-state index in [-0.39, 0.29) is 24.4 Å². The number of carbonyl (C=O) groups is 2. The fourth-order valence-corrected chi connectivity index (χ4v) is 2.54. The Labute approximate surface area is 154 Å². The lowest BCUT2D eigenvalue weighted by Gasteiger charge is -2.07. The molecule has 0 aliphatic rings. The molecule has 3 heterocycles. The topological polar surface area (TPSA) is 111 Å². The molecule has 27 heavy (non-hydrogen) atoms. The molecule has 0 atom stereocenters. The highest BCUT2D eigenvalue weighted by Crippen LogP contribution is 2.08. The van der Waals surface area contributed by atoms with Gasteiger partial charge < -0.3 is 8.98 Å².